The predicted octanol–water partition coefficient (Wildman–Crippen LogP) is 4.81. The molecule has 1 saturated heterocycles. The van der Waals surface area contributed by atoms with Crippen LogP contribution in [0.1, 0.15) is 29.5 Å². The highest BCUT2D eigenvalue weighted by molar-refractivity contribution is 7.18. The monoisotopic (exact) mass is 352 g/mol. The minimum atomic E-state index is -0.303. The Morgan fingerprint density at radius 3 is 2.96 bits per heavy atom. The fourth-order valence-corrected chi connectivity index (χ4v) is 4.31. The molecule has 1 aromatic heterocycles. The lowest BCUT2D eigenvalue weighted by Crippen LogP contribution is -2.28. The summed E-state index contributed by atoms with van der Waals surface area (Å²) in [7, 11) is 0. The molecule has 3 nitrogen and oxygen atoms in total. The topological polar surface area (TPSA) is 33.2 Å². The van der Waals surface area contributed by atoms with Crippen LogP contribution in [0, 0.1) is 5.82 Å². The van der Waals surface area contributed by atoms with Crippen LogP contribution in [0.5, 0.6) is 0 Å². The maximum Gasteiger partial charge on any atom is 0.247 e. The largest absolute Gasteiger partial charge is 0.330 e. The third kappa shape index (κ3) is 3.33. The number of hydrogen-bond acceptors (Lipinski definition) is 3. The maximum absolute atomic E-state index is 13.2. The first-order valence-electron chi connectivity index (χ1n) is 8.30. The van der Waals surface area contributed by atoms with E-state index in [-0.39, 0.29) is 17.8 Å². The highest BCUT2D eigenvalue weighted by Gasteiger charge is 2.31. The van der Waals surface area contributed by atoms with Gasteiger partial charge in [-0.05, 0) is 48.7 Å². The molecule has 1 amide bonds. The van der Waals surface area contributed by atoms with E-state index in [0.717, 1.165) is 34.6 Å². The molecule has 5 heteroatoms. The number of para-hydroxylation sites is 1. The van der Waals surface area contributed by atoms with Crippen molar-refractivity contribution in [2.75, 3.05) is 6.54 Å². The molecule has 1 aliphatic rings. The highest BCUT2D eigenvalue weighted by Crippen LogP contribution is 2.36. The summed E-state index contributed by atoms with van der Waals surface area (Å²) in [5, 5.41) is 0.992. The molecular formula is C20H17FN2OS. The van der Waals surface area contributed by atoms with Crippen molar-refractivity contribution in [1.29, 1.82) is 0 Å². The van der Waals surface area contributed by atoms with Crippen LogP contribution in [0.4, 0.5) is 4.39 Å². The Balaban J connectivity index is 1.55. The Hall–Kier alpha value is -2.53. The average molecular weight is 352 g/mol. The molecule has 1 aliphatic heterocycles. The lowest BCUT2D eigenvalue weighted by Gasteiger charge is -2.21. The highest BCUT2D eigenvalue weighted by atomic mass is 32.1. The SMILES string of the molecule is O=C(C=Cc1cccc(F)c1)N1CCCC1c1nc2ccccc2s1. The normalized spacial score (nSPS) is 17.6. The van der Waals surface area contributed by atoms with Gasteiger partial charge in [0, 0.05) is 12.6 Å². The molecular weight excluding hydrogens is 335 g/mol. The third-order valence-electron chi connectivity index (χ3n) is 4.40. The number of carbonyl (C=O) groups is 1. The van der Waals surface area contributed by atoms with Crippen molar-refractivity contribution < 1.29 is 9.18 Å². The first-order valence-corrected chi connectivity index (χ1v) is 9.12. The molecule has 0 spiro atoms. The van der Waals surface area contributed by atoms with Crippen LogP contribution in [0.25, 0.3) is 16.3 Å². The average Bonchev–Trinajstić information content (AvgIpc) is 3.26. The van der Waals surface area contributed by atoms with Crippen LogP contribution < -0.4 is 0 Å². The van der Waals surface area contributed by atoms with E-state index >= 15 is 0 Å². The summed E-state index contributed by atoms with van der Waals surface area (Å²) in [5.41, 5.74) is 1.67. The number of benzene rings is 2. The molecule has 3 aromatic rings. The van der Waals surface area contributed by atoms with Crippen LogP contribution in [-0.2, 0) is 4.79 Å². The smallest absolute Gasteiger partial charge is 0.247 e. The quantitative estimate of drug-likeness (QED) is 0.634. The van der Waals surface area contributed by atoms with Gasteiger partial charge in [-0.25, -0.2) is 9.37 Å². The number of nitrogens with zero attached hydrogens (tertiary/aromatic N) is 2. The van der Waals surface area contributed by atoms with Gasteiger partial charge in [-0.1, -0.05) is 24.3 Å². The number of thiazole rings is 1. The fourth-order valence-electron chi connectivity index (χ4n) is 3.19. The van der Waals surface area contributed by atoms with Crippen LogP contribution >= 0.6 is 11.3 Å². The van der Waals surface area contributed by atoms with Gasteiger partial charge < -0.3 is 4.90 Å². The molecule has 2 aromatic carbocycles. The number of aromatic nitrogens is 1. The van der Waals surface area contributed by atoms with Crippen molar-refractivity contribution in [3.8, 4) is 0 Å². The summed E-state index contributed by atoms with van der Waals surface area (Å²) in [5.74, 6) is -0.353. The number of amides is 1. The van der Waals surface area contributed by atoms with Crippen LogP contribution in [0.15, 0.2) is 54.6 Å². The summed E-state index contributed by atoms with van der Waals surface area (Å²) >= 11 is 1.65. The predicted molar refractivity (Wildman–Crippen MR) is 98.7 cm³/mol. The van der Waals surface area contributed by atoms with Gasteiger partial charge in [-0.15, -0.1) is 11.3 Å². The molecule has 0 saturated carbocycles. The maximum atomic E-state index is 13.2. The van der Waals surface area contributed by atoms with Crippen LogP contribution in [0.2, 0.25) is 0 Å². The Morgan fingerprint density at radius 1 is 1.24 bits per heavy atom. The molecule has 0 aliphatic carbocycles. The first-order chi connectivity index (χ1) is 12.2. The summed E-state index contributed by atoms with van der Waals surface area (Å²) in [6.07, 6.45) is 5.10. The van der Waals surface area contributed by atoms with E-state index in [4.69, 9.17) is 4.98 Å². The van der Waals surface area contributed by atoms with E-state index in [0.29, 0.717) is 5.56 Å². The summed E-state index contributed by atoms with van der Waals surface area (Å²) in [4.78, 5) is 19.2. The number of likely N-dealkylation sites (tertiary alicyclic amines) is 1. The Morgan fingerprint density at radius 2 is 2.12 bits per heavy atom. The van der Waals surface area contributed by atoms with Crippen molar-refractivity contribution in [3.05, 3.63) is 71.0 Å². The second kappa shape index (κ2) is 6.76. The number of carbonyl (C=O) groups excluding carboxylic acids is 1. The Labute approximate surface area is 149 Å². The van der Waals surface area contributed by atoms with E-state index in [1.807, 2.05) is 23.1 Å². The minimum Gasteiger partial charge on any atom is -0.330 e. The molecule has 0 bridgehead atoms. The zero-order chi connectivity index (χ0) is 17.2. The summed E-state index contributed by atoms with van der Waals surface area (Å²) < 4.78 is 14.4. The van der Waals surface area contributed by atoms with Gasteiger partial charge in [0.25, 0.3) is 0 Å². The van der Waals surface area contributed by atoms with E-state index < -0.39 is 0 Å². The fraction of sp³-hybridized carbons (Fsp3) is 0.200. The van der Waals surface area contributed by atoms with Gasteiger partial charge in [0.05, 0.1) is 16.3 Å². The van der Waals surface area contributed by atoms with E-state index in [2.05, 4.69) is 6.07 Å². The van der Waals surface area contributed by atoms with Gasteiger partial charge >= 0.3 is 0 Å². The number of halogens is 1. The molecule has 1 atom stereocenters. The van der Waals surface area contributed by atoms with Crippen LogP contribution in [-0.4, -0.2) is 22.3 Å². The zero-order valence-corrected chi connectivity index (χ0v) is 14.4. The third-order valence-corrected chi connectivity index (χ3v) is 5.54. The molecule has 126 valence electrons. The molecule has 1 unspecified atom stereocenters. The van der Waals surface area contributed by atoms with Gasteiger partial charge in [0.15, 0.2) is 0 Å². The second-order valence-electron chi connectivity index (χ2n) is 6.10. The first kappa shape index (κ1) is 16.0. The number of rotatable bonds is 3. The molecule has 25 heavy (non-hydrogen) atoms. The number of hydrogen-bond donors (Lipinski definition) is 0. The number of fused-ring (bicyclic) bond motifs is 1. The van der Waals surface area contributed by atoms with Crippen molar-refractivity contribution in [2.45, 2.75) is 18.9 Å². The molecule has 1 fully saturated rings. The minimum absolute atomic E-state index is 0.0297. The van der Waals surface area contributed by atoms with E-state index in [1.165, 1.54) is 18.2 Å². The lowest BCUT2D eigenvalue weighted by atomic mass is 10.2. The van der Waals surface area contributed by atoms with E-state index in [9.17, 15) is 9.18 Å². The van der Waals surface area contributed by atoms with Crippen molar-refractivity contribution in [2.24, 2.45) is 0 Å². The van der Waals surface area contributed by atoms with Gasteiger partial charge in [-0.2, -0.15) is 0 Å². The zero-order valence-electron chi connectivity index (χ0n) is 13.6. The van der Waals surface area contributed by atoms with Crippen molar-refractivity contribution in [1.82, 2.24) is 9.88 Å². The summed E-state index contributed by atoms with van der Waals surface area (Å²) in [6, 6.07) is 14.3. The Bertz CT molecular complexity index is 917. The molecule has 2 heterocycles. The van der Waals surface area contributed by atoms with Crippen LogP contribution in [0.3, 0.4) is 0 Å². The van der Waals surface area contributed by atoms with Gasteiger partial charge in [0.1, 0.15) is 10.8 Å². The molecule has 0 N–H and O–H groups in total. The lowest BCUT2D eigenvalue weighted by molar-refractivity contribution is -0.126. The standard InChI is InChI=1S/C20H17FN2OS/c21-15-6-3-5-14(13-15)10-11-19(24)23-12-4-8-17(23)20-22-16-7-1-2-9-18(16)25-20/h1-3,5-7,9-11,13,17H,4,8,12H2. The van der Waals surface area contributed by atoms with Crippen molar-refractivity contribution in [3.63, 3.8) is 0 Å². The van der Waals surface area contributed by atoms with Gasteiger partial charge in [-0.3, -0.25) is 4.79 Å². The molecule has 4 rings (SSSR count). The van der Waals surface area contributed by atoms with Crippen molar-refractivity contribution >= 4 is 33.5 Å². The van der Waals surface area contributed by atoms with Gasteiger partial charge in [0.2, 0.25) is 5.91 Å². The second-order valence-corrected chi connectivity index (χ2v) is 7.16. The molecule has 0 radical (unpaired) electrons. The summed E-state index contributed by atoms with van der Waals surface area (Å²) in [6.45, 7) is 0.729. The van der Waals surface area contributed by atoms with E-state index in [1.54, 1.807) is 29.5 Å². The Kier molecular flexibility index (Phi) is 4.32.